The van der Waals surface area contributed by atoms with Crippen LogP contribution in [-0.4, -0.2) is 52.2 Å². The van der Waals surface area contributed by atoms with Gasteiger partial charge >= 0.3 is 0 Å². The Morgan fingerprint density at radius 1 is 1.38 bits per heavy atom. The lowest BCUT2D eigenvalue weighted by Crippen LogP contribution is -2.47. The second-order valence-electron chi connectivity index (χ2n) is 5.28. The summed E-state index contributed by atoms with van der Waals surface area (Å²) in [6.07, 6.45) is 0. The van der Waals surface area contributed by atoms with Crippen LogP contribution in [0.25, 0.3) is 0 Å². The van der Waals surface area contributed by atoms with Crippen LogP contribution < -0.4 is 4.72 Å². The Bertz CT molecular complexity index is 586. The maximum Gasteiger partial charge on any atom is 0.241 e. The van der Waals surface area contributed by atoms with E-state index in [9.17, 15) is 8.42 Å². The van der Waals surface area contributed by atoms with Crippen LogP contribution in [0.3, 0.4) is 0 Å². The molecule has 118 valence electrons. The summed E-state index contributed by atoms with van der Waals surface area (Å²) in [5, 5.41) is 0. The first-order valence-corrected chi connectivity index (χ1v) is 9.25. The van der Waals surface area contributed by atoms with Crippen LogP contribution in [0.1, 0.15) is 12.5 Å². The fourth-order valence-electron chi connectivity index (χ4n) is 2.28. The molecule has 1 unspecified atom stereocenters. The molecule has 0 radical (unpaired) electrons. The van der Waals surface area contributed by atoms with Gasteiger partial charge in [0.25, 0.3) is 0 Å². The molecular formula is C14H21BrN2O3S. The molecule has 1 aliphatic rings. The van der Waals surface area contributed by atoms with Crippen LogP contribution >= 0.6 is 15.9 Å². The third kappa shape index (κ3) is 4.50. The highest BCUT2D eigenvalue weighted by Gasteiger charge is 2.21. The van der Waals surface area contributed by atoms with Crippen molar-refractivity contribution in [3.63, 3.8) is 0 Å². The number of rotatable bonds is 5. The van der Waals surface area contributed by atoms with Gasteiger partial charge in [0, 0.05) is 30.1 Å². The molecule has 0 bridgehead atoms. The number of hydrogen-bond donors (Lipinski definition) is 1. The van der Waals surface area contributed by atoms with Crippen LogP contribution in [0.5, 0.6) is 0 Å². The fraction of sp³-hybridized carbons (Fsp3) is 0.571. The summed E-state index contributed by atoms with van der Waals surface area (Å²) in [6.45, 7) is 7.45. The second-order valence-corrected chi connectivity index (χ2v) is 7.87. The van der Waals surface area contributed by atoms with Crippen molar-refractivity contribution in [1.82, 2.24) is 9.62 Å². The topological polar surface area (TPSA) is 58.6 Å². The van der Waals surface area contributed by atoms with Gasteiger partial charge in [-0.15, -0.1) is 0 Å². The number of hydrogen-bond acceptors (Lipinski definition) is 4. The van der Waals surface area contributed by atoms with Gasteiger partial charge in [0.2, 0.25) is 10.0 Å². The van der Waals surface area contributed by atoms with Crippen molar-refractivity contribution in [2.24, 2.45) is 0 Å². The van der Waals surface area contributed by atoms with E-state index in [1.807, 2.05) is 13.8 Å². The molecule has 1 saturated heterocycles. The number of aryl methyl sites for hydroxylation is 1. The number of sulfonamides is 1. The molecule has 0 amide bonds. The van der Waals surface area contributed by atoms with E-state index in [2.05, 4.69) is 25.6 Å². The highest BCUT2D eigenvalue weighted by Crippen LogP contribution is 2.22. The molecule has 5 nitrogen and oxygen atoms in total. The molecule has 1 N–H and O–H groups in total. The zero-order chi connectivity index (χ0) is 15.5. The number of nitrogens with one attached hydrogen (secondary N) is 1. The Kier molecular flexibility index (Phi) is 5.79. The fourth-order valence-corrected chi connectivity index (χ4v) is 4.59. The third-order valence-corrected chi connectivity index (χ3v) is 6.01. The minimum atomic E-state index is -3.50. The predicted octanol–water partition coefficient (Wildman–Crippen LogP) is 1.76. The molecule has 0 saturated carbocycles. The molecule has 1 aromatic carbocycles. The Hall–Kier alpha value is -0.470. The molecule has 1 aromatic rings. The van der Waals surface area contributed by atoms with E-state index in [1.54, 1.807) is 18.2 Å². The van der Waals surface area contributed by atoms with Gasteiger partial charge in [-0.3, -0.25) is 4.90 Å². The van der Waals surface area contributed by atoms with Gasteiger partial charge in [-0.05, 0) is 47.5 Å². The van der Waals surface area contributed by atoms with Crippen LogP contribution in [-0.2, 0) is 14.8 Å². The van der Waals surface area contributed by atoms with Crippen LogP contribution in [0, 0.1) is 6.92 Å². The zero-order valence-corrected chi connectivity index (χ0v) is 14.7. The second kappa shape index (κ2) is 7.19. The van der Waals surface area contributed by atoms with Crippen molar-refractivity contribution in [2.45, 2.75) is 24.8 Å². The van der Waals surface area contributed by atoms with E-state index in [-0.39, 0.29) is 10.9 Å². The van der Waals surface area contributed by atoms with E-state index in [4.69, 9.17) is 4.74 Å². The molecule has 1 heterocycles. The average molecular weight is 377 g/mol. The normalized spacial score (nSPS) is 18.6. The smallest absolute Gasteiger partial charge is 0.241 e. The molecule has 2 rings (SSSR count). The summed E-state index contributed by atoms with van der Waals surface area (Å²) in [6, 6.07) is 5.37. The van der Waals surface area contributed by atoms with Crippen molar-refractivity contribution in [2.75, 3.05) is 32.8 Å². The first-order valence-electron chi connectivity index (χ1n) is 6.98. The number of nitrogens with zero attached hydrogens (tertiary/aromatic N) is 1. The molecule has 1 atom stereocenters. The molecule has 0 aromatic heterocycles. The maximum absolute atomic E-state index is 12.4. The Balaban J connectivity index is 2.00. The summed E-state index contributed by atoms with van der Waals surface area (Å²) in [4.78, 5) is 2.51. The molecule has 0 aliphatic carbocycles. The summed E-state index contributed by atoms with van der Waals surface area (Å²) in [7, 11) is -3.50. The van der Waals surface area contributed by atoms with Crippen molar-refractivity contribution in [1.29, 1.82) is 0 Å². The van der Waals surface area contributed by atoms with Crippen molar-refractivity contribution >= 4 is 26.0 Å². The summed E-state index contributed by atoms with van der Waals surface area (Å²) in [5.41, 5.74) is 1.02. The van der Waals surface area contributed by atoms with Crippen LogP contribution in [0.2, 0.25) is 0 Å². The Morgan fingerprint density at radius 2 is 2.05 bits per heavy atom. The summed E-state index contributed by atoms with van der Waals surface area (Å²) < 4.78 is 33.3. The van der Waals surface area contributed by atoms with E-state index in [1.165, 1.54) is 0 Å². The molecule has 1 fully saturated rings. The minimum absolute atomic E-state index is 0.146. The predicted molar refractivity (Wildman–Crippen MR) is 85.9 cm³/mol. The van der Waals surface area contributed by atoms with Crippen molar-refractivity contribution < 1.29 is 13.2 Å². The van der Waals surface area contributed by atoms with Gasteiger partial charge in [0.15, 0.2) is 0 Å². The number of halogens is 1. The monoisotopic (exact) mass is 376 g/mol. The first kappa shape index (κ1) is 16.9. The average Bonchev–Trinajstić information content (AvgIpc) is 2.45. The van der Waals surface area contributed by atoms with Gasteiger partial charge < -0.3 is 4.74 Å². The number of morpholine rings is 1. The highest BCUT2D eigenvalue weighted by atomic mass is 79.9. The minimum Gasteiger partial charge on any atom is -0.379 e. The molecular weight excluding hydrogens is 356 g/mol. The molecule has 21 heavy (non-hydrogen) atoms. The van der Waals surface area contributed by atoms with Crippen LogP contribution in [0.15, 0.2) is 27.6 Å². The molecule has 0 spiro atoms. The summed E-state index contributed by atoms with van der Waals surface area (Å²) >= 11 is 3.32. The van der Waals surface area contributed by atoms with E-state index < -0.39 is 10.0 Å². The molecule has 7 heteroatoms. The standard InChI is InChI=1S/C14H21BrN2O3S/c1-11-3-4-14(13(15)9-11)21(18,19)16-10-12(2)17-5-7-20-8-6-17/h3-4,9,12,16H,5-8,10H2,1-2H3. The number of benzene rings is 1. The third-order valence-electron chi connectivity index (χ3n) is 3.61. The van der Waals surface area contributed by atoms with Gasteiger partial charge in [-0.25, -0.2) is 13.1 Å². The van der Waals surface area contributed by atoms with Gasteiger partial charge in [-0.1, -0.05) is 6.07 Å². The van der Waals surface area contributed by atoms with Gasteiger partial charge in [-0.2, -0.15) is 0 Å². The lowest BCUT2D eigenvalue weighted by atomic mass is 10.2. The lowest BCUT2D eigenvalue weighted by Gasteiger charge is -2.32. The quantitative estimate of drug-likeness (QED) is 0.850. The lowest BCUT2D eigenvalue weighted by molar-refractivity contribution is 0.0213. The van der Waals surface area contributed by atoms with Gasteiger partial charge in [0.05, 0.1) is 18.1 Å². The SMILES string of the molecule is Cc1ccc(S(=O)(=O)NCC(C)N2CCOCC2)c(Br)c1. The Labute approximate surface area is 134 Å². The van der Waals surface area contributed by atoms with Crippen molar-refractivity contribution in [3.8, 4) is 0 Å². The van der Waals surface area contributed by atoms with E-state index in [0.29, 0.717) is 24.2 Å². The van der Waals surface area contributed by atoms with Crippen molar-refractivity contribution in [3.05, 3.63) is 28.2 Å². The van der Waals surface area contributed by atoms with Gasteiger partial charge in [0.1, 0.15) is 0 Å². The van der Waals surface area contributed by atoms with E-state index >= 15 is 0 Å². The zero-order valence-electron chi connectivity index (χ0n) is 12.3. The maximum atomic E-state index is 12.4. The van der Waals surface area contributed by atoms with Crippen LogP contribution in [0.4, 0.5) is 0 Å². The number of ether oxygens (including phenoxy) is 1. The molecule has 1 aliphatic heterocycles. The highest BCUT2D eigenvalue weighted by molar-refractivity contribution is 9.10. The Morgan fingerprint density at radius 3 is 2.67 bits per heavy atom. The summed E-state index contributed by atoms with van der Waals surface area (Å²) in [5.74, 6) is 0. The first-order chi connectivity index (χ1) is 9.90. The van der Waals surface area contributed by atoms with E-state index in [0.717, 1.165) is 18.7 Å². The largest absolute Gasteiger partial charge is 0.379 e.